The Morgan fingerprint density at radius 2 is 1.86 bits per heavy atom. The predicted molar refractivity (Wildman–Crippen MR) is 117 cm³/mol. The number of guanidine groups is 1. The maximum atomic E-state index is 10.1. The molecule has 0 unspecified atom stereocenters. The SMILES string of the molecule is CCNC(=NCc1cc(OC)c(O)c(OC)c1)N1CCN(Cc2cccs2)CC1. The smallest absolute Gasteiger partial charge is 0.200 e. The highest BCUT2D eigenvalue weighted by Gasteiger charge is 2.20. The van der Waals surface area contributed by atoms with E-state index in [4.69, 9.17) is 14.5 Å². The summed E-state index contributed by atoms with van der Waals surface area (Å²) in [6.07, 6.45) is 0. The van der Waals surface area contributed by atoms with Gasteiger partial charge in [-0.3, -0.25) is 4.90 Å². The van der Waals surface area contributed by atoms with Crippen LogP contribution in [-0.4, -0.2) is 67.8 Å². The van der Waals surface area contributed by atoms with Crippen LogP contribution >= 0.6 is 11.3 Å². The first kappa shape index (κ1) is 21.3. The molecule has 1 aliphatic heterocycles. The number of methoxy groups -OCH3 is 2. The second-order valence-corrected chi connectivity index (χ2v) is 7.89. The number of thiophene rings is 1. The van der Waals surface area contributed by atoms with Gasteiger partial charge in [0, 0.05) is 44.1 Å². The molecular formula is C21H30N4O3S. The van der Waals surface area contributed by atoms with Gasteiger partial charge < -0.3 is 24.8 Å². The molecule has 8 heteroatoms. The Kier molecular flexibility index (Phi) is 7.60. The highest BCUT2D eigenvalue weighted by atomic mass is 32.1. The molecular weight excluding hydrogens is 388 g/mol. The normalized spacial score (nSPS) is 15.4. The molecule has 0 atom stereocenters. The van der Waals surface area contributed by atoms with Crippen LogP contribution in [0.15, 0.2) is 34.6 Å². The predicted octanol–water partition coefficient (Wildman–Crippen LogP) is 2.75. The Balaban J connectivity index is 1.64. The number of ether oxygens (including phenoxy) is 2. The molecule has 3 rings (SSSR count). The minimum atomic E-state index is 0.0106. The van der Waals surface area contributed by atoms with E-state index in [-0.39, 0.29) is 5.75 Å². The third kappa shape index (κ3) is 5.55. The summed E-state index contributed by atoms with van der Waals surface area (Å²) in [6.45, 7) is 8.31. The van der Waals surface area contributed by atoms with Crippen molar-refractivity contribution < 1.29 is 14.6 Å². The van der Waals surface area contributed by atoms with E-state index < -0.39 is 0 Å². The summed E-state index contributed by atoms with van der Waals surface area (Å²) >= 11 is 1.81. The van der Waals surface area contributed by atoms with Crippen LogP contribution in [0.2, 0.25) is 0 Å². The monoisotopic (exact) mass is 418 g/mol. The zero-order valence-corrected chi connectivity index (χ0v) is 18.2. The van der Waals surface area contributed by atoms with Crippen LogP contribution in [-0.2, 0) is 13.1 Å². The van der Waals surface area contributed by atoms with Crippen molar-refractivity contribution in [3.05, 3.63) is 40.1 Å². The number of aromatic hydroxyl groups is 1. The quantitative estimate of drug-likeness (QED) is 0.532. The van der Waals surface area contributed by atoms with Crippen LogP contribution in [0.4, 0.5) is 0 Å². The zero-order valence-electron chi connectivity index (χ0n) is 17.4. The van der Waals surface area contributed by atoms with E-state index in [2.05, 4.69) is 39.6 Å². The van der Waals surface area contributed by atoms with E-state index in [1.807, 2.05) is 11.3 Å². The third-order valence-corrected chi connectivity index (χ3v) is 5.78. The van der Waals surface area contributed by atoms with Gasteiger partial charge in [-0.15, -0.1) is 11.3 Å². The first-order valence-electron chi connectivity index (χ1n) is 9.86. The van der Waals surface area contributed by atoms with Gasteiger partial charge in [0.15, 0.2) is 17.5 Å². The van der Waals surface area contributed by atoms with Gasteiger partial charge in [-0.2, -0.15) is 0 Å². The summed E-state index contributed by atoms with van der Waals surface area (Å²) in [6, 6.07) is 7.90. The first-order chi connectivity index (χ1) is 14.1. The van der Waals surface area contributed by atoms with Crippen LogP contribution in [0.25, 0.3) is 0 Å². The number of rotatable bonds is 7. The number of hydrogen-bond acceptors (Lipinski definition) is 6. The number of phenols is 1. The standard InChI is InChI=1S/C21H30N4O3S/c1-4-22-21(23-14-16-12-18(27-2)20(26)19(13-16)28-3)25-9-7-24(8-10-25)15-17-6-5-11-29-17/h5-6,11-13,26H,4,7-10,14-15H2,1-3H3,(H,22,23). The number of nitrogens with zero attached hydrogens (tertiary/aromatic N) is 3. The molecule has 0 aliphatic carbocycles. The Labute approximate surface area is 176 Å². The van der Waals surface area contributed by atoms with Crippen LogP contribution < -0.4 is 14.8 Å². The molecule has 2 aromatic rings. The average molecular weight is 419 g/mol. The van der Waals surface area contributed by atoms with Crippen molar-refractivity contribution in [3.63, 3.8) is 0 Å². The molecule has 1 saturated heterocycles. The van der Waals surface area contributed by atoms with E-state index in [1.165, 1.54) is 19.1 Å². The van der Waals surface area contributed by atoms with Gasteiger partial charge in [0.05, 0.1) is 20.8 Å². The van der Waals surface area contributed by atoms with E-state index >= 15 is 0 Å². The molecule has 2 heterocycles. The van der Waals surface area contributed by atoms with Crippen LogP contribution in [0, 0.1) is 0 Å². The first-order valence-corrected chi connectivity index (χ1v) is 10.7. The Morgan fingerprint density at radius 1 is 1.17 bits per heavy atom. The van der Waals surface area contributed by atoms with Crippen molar-refractivity contribution >= 4 is 17.3 Å². The van der Waals surface area contributed by atoms with Crippen molar-refractivity contribution in [3.8, 4) is 17.2 Å². The van der Waals surface area contributed by atoms with Crippen LogP contribution in [0.3, 0.4) is 0 Å². The lowest BCUT2D eigenvalue weighted by Crippen LogP contribution is -2.52. The fourth-order valence-corrected chi connectivity index (χ4v) is 4.12. The summed E-state index contributed by atoms with van der Waals surface area (Å²) < 4.78 is 10.5. The van der Waals surface area contributed by atoms with E-state index in [9.17, 15) is 5.11 Å². The topological polar surface area (TPSA) is 69.6 Å². The van der Waals surface area contributed by atoms with Gasteiger partial charge in [0.25, 0.3) is 0 Å². The summed E-state index contributed by atoms with van der Waals surface area (Å²) in [7, 11) is 3.06. The van der Waals surface area contributed by atoms with Crippen LogP contribution in [0.5, 0.6) is 17.2 Å². The summed E-state index contributed by atoms with van der Waals surface area (Å²) in [5.74, 6) is 1.70. The minimum absolute atomic E-state index is 0.0106. The van der Waals surface area contributed by atoms with Crippen LogP contribution in [0.1, 0.15) is 17.4 Å². The fourth-order valence-electron chi connectivity index (χ4n) is 3.37. The van der Waals surface area contributed by atoms with Gasteiger partial charge in [-0.1, -0.05) is 6.07 Å². The number of aliphatic imine (C=N–C) groups is 1. The van der Waals surface area contributed by atoms with E-state index in [0.717, 1.165) is 50.8 Å². The lowest BCUT2D eigenvalue weighted by atomic mass is 10.2. The van der Waals surface area contributed by atoms with Gasteiger partial charge in [0.2, 0.25) is 5.75 Å². The van der Waals surface area contributed by atoms with Gasteiger partial charge >= 0.3 is 0 Å². The molecule has 0 bridgehead atoms. The molecule has 0 spiro atoms. The summed E-state index contributed by atoms with van der Waals surface area (Å²) in [4.78, 5) is 11.0. The number of piperazine rings is 1. The highest BCUT2D eigenvalue weighted by molar-refractivity contribution is 7.09. The lowest BCUT2D eigenvalue weighted by molar-refractivity contribution is 0.173. The molecule has 1 aromatic heterocycles. The van der Waals surface area contributed by atoms with Gasteiger partial charge in [-0.25, -0.2) is 4.99 Å². The lowest BCUT2D eigenvalue weighted by Gasteiger charge is -2.36. The van der Waals surface area contributed by atoms with Gasteiger partial charge in [0.1, 0.15) is 0 Å². The maximum absolute atomic E-state index is 10.1. The molecule has 0 saturated carbocycles. The molecule has 2 N–H and O–H groups in total. The van der Waals surface area contributed by atoms with E-state index in [1.54, 1.807) is 12.1 Å². The molecule has 158 valence electrons. The van der Waals surface area contributed by atoms with Crippen molar-refractivity contribution in [2.75, 3.05) is 46.9 Å². The van der Waals surface area contributed by atoms with Gasteiger partial charge in [-0.05, 0) is 36.1 Å². The fraction of sp³-hybridized carbons (Fsp3) is 0.476. The largest absolute Gasteiger partial charge is 0.502 e. The maximum Gasteiger partial charge on any atom is 0.200 e. The molecule has 7 nitrogen and oxygen atoms in total. The molecule has 0 amide bonds. The molecule has 1 fully saturated rings. The van der Waals surface area contributed by atoms with Crippen molar-refractivity contribution in [1.29, 1.82) is 0 Å². The summed E-state index contributed by atoms with van der Waals surface area (Å²) in [5.41, 5.74) is 0.920. The van der Waals surface area contributed by atoms with Crippen molar-refractivity contribution in [1.82, 2.24) is 15.1 Å². The molecule has 1 aliphatic rings. The number of hydrogen-bond donors (Lipinski definition) is 2. The Bertz CT molecular complexity index is 777. The number of phenolic OH excluding ortho intramolecular Hbond substituents is 1. The molecule has 29 heavy (non-hydrogen) atoms. The second-order valence-electron chi connectivity index (χ2n) is 6.86. The third-order valence-electron chi connectivity index (χ3n) is 4.92. The second kappa shape index (κ2) is 10.4. The van der Waals surface area contributed by atoms with E-state index in [0.29, 0.717) is 18.0 Å². The molecule has 1 aromatic carbocycles. The Hall–Kier alpha value is -2.45. The summed E-state index contributed by atoms with van der Waals surface area (Å²) in [5, 5.41) is 15.6. The average Bonchev–Trinajstić information content (AvgIpc) is 3.25. The Morgan fingerprint density at radius 3 is 2.41 bits per heavy atom. The highest BCUT2D eigenvalue weighted by Crippen LogP contribution is 2.37. The number of nitrogens with one attached hydrogen (secondary N) is 1. The minimum Gasteiger partial charge on any atom is -0.502 e. The van der Waals surface area contributed by atoms with Crippen molar-refractivity contribution in [2.24, 2.45) is 4.99 Å². The van der Waals surface area contributed by atoms with Crippen molar-refractivity contribution in [2.45, 2.75) is 20.0 Å². The zero-order chi connectivity index (χ0) is 20.6. The number of benzene rings is 1. The molecule has 0 radical (unpaired) electrons.